The number of ether oxygens (including phenoxy) is 2. The minimum Gasteiger partial charge on any atom is -0.497 e. The molecule has 2 heterocycles. The van der Waals surface area contributed by atoms with E-state index < -0.39 is 5.97 Å². The SMILES string of the molecule is COc1ccc2oc(C(=O)OCc3cccc4cccnc34)c(C)c2c1. The van der Waals surface area contributed by atoms with Gasteiger partial charge in [-0.2, -0.15) is 0 Å². The molecule has 0 saturated heterocycles. The number of rotatable bonds is 4. The van der Waals surface area contributed by atoms with Crippen molar-refractivity contribution in [3.63, 3.8) is 0 Å². The van der Waals surface area contributed by atoms with Crippen LogP contribution in [0.3, 0.4) is 0 Å². The molecule has 5 heteroatoms. The number of aryl methyl sites for hydroxylation is 1. The Bertz CT molecular complexity index is 1110. The van der Waals surface area contributed by atoms with Gasteiger partial charge in [-0.05, 0) is 31.2 Å². The molecule has 0 atom stereocenters. The fourth-order valence-electron chi connectivity index (χ4n) is 3.01. The van der Waals surface area contributed by atoms with E-state index in [1.54, 1.807) is 25.4 Å². The quantitative estimate of drug-likeness (QED) is 0.503. The molecule has 4 aromatic rings. The van der Waals surface area contributed by atoms with E-state index in [0.29, 0.717) is 11.3 Å². The van der Waals surface area contributed by atoms with E-state index in [-0.39, 0.29) is 12.4 Å². The summed E-state index contributed by atoms with van der Waals surface area (Å²) in [7, 11) is 1.60. The number of carbonyl (C=O) groups is 1. The summed E-state index contributed by atoms with van der Waals surface area (Å²) in [6, 6.07) is 15.1. The minimum atomic E-state index is -0.495. The van der Waals surface area contributed by atoms with Gasteiger partial charge in [0.1, 0.15) is 17.9 Å². The predicted octanol–water partition coefficient (Wildman–Crippen LogP) is 4.66. The van der Waals surface area contributed by atoms with Gasteiger partial charge in [-0.3, -0.25) is 4.98 Å². The predicted molar refractivity (Wildman–Crippen MR) is 98.4 cm³/mol. The third-order valence-electron chi connectivity index (χ3n) is 4.40. The lowest BCUT2D eigenvalue weighted by atomic mass is 10.1. The van der Waals surface area contributed by atoms with Crippen LogP contribution < -0.4 is 4.74 Å². The molecule has 26 heavy (non-hydrogen) atoms. The molecule has 0 bridgehead atoms. The Labute approximate surface area is 150 Å². The van der Waals surface area contributed by atoms with Gasteiger partial charge in [0.15, 0.2) is 0 Å². The molecule has 0 aliphatic rings. The van der Waals surface area contributed by atoms with Gasteiger partial charge in [-0.1, -0.05) is 24.3 Å². The van der Waals surface area contributed by atoms with Crippen molar-refractivity contribution in [3.8, 4) is 5.75 Å². The van der Waals surface area contributed by atoms with Crippen LogP contribution in [-0.4, -0.2) is 18.1 Å². The van der Waals surface area contributed by atoms with Crippen LogP contribution in [0.2, 0.25) is 0 Å². The first-order valence-corrected chi connectivity index (χ1v) is 8.24. The lowest BCUT2D eigenvalue weighted by Gasteiger charge is -2.06. The Kier molecular flexibility index (Phi) is 4.05. The highest BCUT2D eigenvalue weighted by Crippen LogP contribution is 2.29. The Morgan fingerprint density at radius 3 is 2.85 bits per heavy atom. The monoisotopic (exact) mass is 347 g/mol. The van der Waals surface area contributed by atoms with Gasteiger partial charge in [-0.15, -0.1) is 0 Å². The van der Waals surface area contributed by atoms with E-state index >= 15 is 0 Å². The summed E-state index contributed by atoms with van der Waals surface area (Å²) in [5, 5.41) is 1.84. The summed E-state index contributed by atoms with van der Waals surface area (Å²) < 4.78 is 16.4. The normalized spacial score (nSPS) is 11.0. The van der Waals surface area contributed by atoms with Gasteiger partial charge >= 0.3 is 5.97 Å². The summed E-state index contributed by atoms with van der Waals surface area (Å²) in [5.41, 5.74) is 3.04. The molecule has 0 unspecified atom stereocenters. The molecule has 0 aliphatic heterocycles. The standard InChI is InChI=1S/C21H17NO4/c1-13-17-11-16(24-2)8-9-18(17)26-20(13)21(23)25-12-15-6-3-5-14-7-4-10-22-19(14)15/h3-11H,12H2,1-2H3. The van der Waals surface area contributed by atoms with Gasteiger partial charge < -0.3 is 13.9 Å². The molecule has 0 amide bonds. The second-order valence-corrected chi connectivity index (χ2v) is 5.99. The Morgan fingerprint density at radius 1 is 1.15 bits per heavy atom. The van der Waals surface area contributed by atoms with Crippen molar-refractivity contribution in [2.75, 3.05) is 7.11 Å². The summed E-state index contributed by atoms with van der Waals surface area (Å²) in [6.45, 7) is 1.97. The number of aromatic nitrogens is 1. The number of pyridine rings is 1. The first kappa shape index (κ1) is 16.1. The molecule has 0 spiro atoms. The number of furan rings is 1. The maximum atomic E-state index is 12.5. The van der Waals surface area contributed by atoms with E-state index in [1.807, 2.05) is 43.3 Å². The molecule has 0 aliphatic carbocycles. The zero-order valence-corrected chi connectivity index (χ0v) is 14.5. The molecule has 0 N–H and O–H groups in total. The van der Waals surface area contributed by atoms with Crippen LogP contribution >= 0.6 is 0 Å². The fraction of sp³-hybridized carbons (Fsp3) is 0.143. The number of hydrogen-bond donors (Lipinski definition) is 0. The van der Waals surface area contributed by atoms with E-state index in [2.05, 4.69) is 4.98 Å². The summed E-state index contributed by atoms with van der Waals surface area (Å²) in [5.74, 6) is 0.426. The third kappa shape index (κ3) is 2.77. The maximum absolute atomic E-state index is 12.5. The smallest absolute Gasteiger partial charge is 0.374 e. The lowest BCUT2D eigenvalue weighted by Crippen LogP contribution is -2.06. The first-order valence-electron chi connectivity index (χ1n) is 8.24. The average molecular weight is 347 g/mol. The molecular formula is C21H17NO4. The molecule has 0 saturated carbocycles. The van der Waals surface area contributed by atoms with Crippen molar-refractivity contribution in [1.82, 2.24) is 4.98 Å². The van der Waals surface area contributed by atoms with E-state index in [1.165, 1.54) is 0 Å². The number of hydrogen-bond acceptors (Lipinski definition) is 5. The van der Waals surface area contributed by atoms with Gasteiger partial charge in [0.25, 0.3) is 0 Å². The summed E-state index contributed by atoms with van der Waals surface area (Å²) >= 11 is 0. The van der Waals surface area contributed by atoms with Crippen LogP contribution in [0.5, 0.6) is 5.75 Å². The molecule has 130 valence electrons. The zero-order valence-electron chi connectivity index (χ0n) is 14.5. The molecule has 4 rings (SSSR count). The molecule has 0 fully saturated rings. The van der Waals surface area contributed by atoms with Crippen molar-refractivity contribution in [3.05, 3.63) is 71.6 Å². The molecule has 0 radical (unpaired) electrons. The van der Waals surface area contributed by atoms with Crippen molar-refractivity contribution in [2.45, 2.75) is 13.5 Å². The van der Waals surface area contributed by atoms with Gasteiger partial charge in [-0.25, -0.2) is 4.79 Å². The van der Waals surface area contributed by atoms with Crippen LogP contribution in [0, 0.1) is 6.92 Å². The lowest BCUT2D eigenvalue weighted by molar-refractivity contribution is 0.0439. The first-order chi connectivity index (χ1) is 12.7. The number of benzene rings is 2. The van der Waals surface area contributed by atoms with Crippen molar-refractivity contribution < 1.29 is 18.7 Å². The van der Waals surface area contributed by atoms with E-state index in [0.717, 1.165) is 27.4 Å². The zero-order chi connectivity index (χ0) is 18.1. The van der Waals surface area contributed by atoms with E-state index in [4.69, 9.17) is 13.9 Å². The second-order valence-electron chi connectivity index (χ2n) is 5.99. The third-order valence-corrected chi connectivity index (χ3v) is 4.40. The highest BCUT2D eigenvalue weighted by Gasteiger charge is 2.20. The average Bonchev–Trinajstić information content (AvgIpc) is 3.02. The number of methoxy groups -OCH3 is 1. The topological polar surface area (TPSA) is 61.6 Å². The minimum absolute atomic E-state index is 0.132. The van der Waals surface area contributed by atoms with Crippen molar-refractivity contribution in [2.24, 2.45) is 0 Å². The van der Waals surface area contributed by atoms with Crippen LogP contribution in [0.25, 0.3) is 21.9 Å². The van der Waals surface area contributed by atoms with Gasteiger partial charge in [0.2, 0.25) is 5.76 Å². The van der Waals surface area contributed by atoms with Crippen molar-refractivity contribution >= 4 is 27.8 Å². The number of para-hydroxylation sites is 1. The number of esters is 1. The van der Waals surface area contributed by atoms with Gasteiger partial charge in [0.05, 0.1) is 12.6 Å². The Hall–Kier alpha value is -3.34. The van der Waals surface area contributed by atoms with Crippen LogP contribution in [0.1, 0.15) is 21.7 Å². The molecular weight excluding hydrogens is 330 g/mol. The molecule has 2 aromatic heterocycles. The molecule has 5 nitrogen and oxygen atoms in total. The van der Waals surface area contributed by atoms with Crippen molar-refractivity contribution in [1.29, 1.82) is 0 Å². The fourth-order valence-corrected chi connectivity index (χ4v) is 3.01. The largest absolute Gasteiger partial charge is 0.497 e. The highest BCUT2D eigenvalue weighted by molar-refractivity contribution is 5.96. The number of nitrogens with zero attached hydrogens (tertiary/aromatic N) is 1. The van der Waals surface area contributed by atoms with E-state index in [9.17, 15) is 4.79 Å². The second kappa shape index (κ2) is 6.52. The Balaban J connectivity index is 1.60. The maximum Gasteiger partial charge on any atom is 0.374 e. The van der Waals surface area contributed by atoms with Gasteiger partial charge in [0, 0.05) is 28.1 Å². The number of fused-ring (bicyclic) bond motifs is 2. The summed E-state index contributed by atoms with van der Waals surface area (Å²) in [4.78, 5) is 16.9. The summed E-state index contributed by atoms with van der Waals surface area (Å²) in [6.07, 6.45) is 1.73. The Morgan fingerprint density at radius 2 is 2.00 bits per heavy atom. The molecule has 2 aromatic carbocycles. The van der Waals surface area contributed by atoms with Crippen LogP contribution in [0.15, 0.2) is 59.1 Å². The number of carbonyl (C=O) groups excluding carboxylic acids is 1. The highest BCUT2D eigenvalue weighted by atomic mass is 16.5. The van der Waals surface area contributed by atoms with Crippen LogP contribution in [-0.2, 0) is 11.3 Å². The van der Waals surface area contributed by atoms with Crippen LogP contribution in [0.4, 0.5) is 0 Å².